The molecular weight excluding hydrogens is 420 g/mol. The molecule has 0 fully saturated rings. The summed E-state index contributed by atoms with van der Waals surface area (Å²) in [7, 11) is 1.34. The Morgan fingerprint density at radius 3 is 2.07 bits per heavy atom. The third-order valence-electron chi connectivity index (χ3n) is 3.49. The molecule has 0 saturated carbocycles. The standard InChI is InChI=1S/C16H12ClF6NO2S/c1-26-11(12-2-3-13(17)27-12)7-24-14(25)8-4-9(15(18,19)20)6-10(5-8)16(21,22)23/h2-6,11H,7H2,1H3,(H,24,25). The van der Waals surface area contributed by atoms with Gasteiger partial charge < -0.3 is 10.1 Å². The van der Waals surface area contributed by atoms with E-state index in [0.717, 1.165) is 0 Å². The lowest BCUT2D eigenvalue weighted by Gasteiger charge is -2.16. The Balaban J connectivity index is 2.24. The predicted octanol–water partition coefficient (Wildman–Crippen LogP) is 5.56. The van der Waals surface area contributed by atoms with Gasteiger partial charge in [0.2, 0.25) is 0 Å². The van der Waals surface area contributed by atoms with Crippen molar-refractivity contribution >= 4 is 28.8 Å². The zero-order valence-electron chi connectivity index (χ0n) is 13.5. The molecule has 148 valence electrons. The first-order valence-corrected chi connectivity index (χ1v) is 8.47. The molecule has 0 spiro atoms. The Bertz CT molecular complexity index is 786. The van der Waals surface area contributed by atoms with Gasteiger partial charge in [-0.3, -0.25) is 4.79 Å². The van der Waals surface area contributed by atoms with E-state index in [0.29, 0.717) is 21.3 Å². The van der Waals surface area contributed by atoms with Gasteiger partial charge in [-0.15, -0.1) is 11.3 Å². The molecule has 0 aliphatic rings. The number of hydrogen-bond acceptors (Lipinski definition) is 3. The third-order valence-corrected chi connectivity index (χ3v) is 4.82. The summed E-state index contributed by atoms with van der Waals surface area (Å²) in [6, 6.07) is 3.93. The van der Waals surface area contributed by atoms with E-state index in [1.54, 1.807) is 12.1 Å². The number of ether oxygens (including phenoxy) is 1. The van der Waals surface area contributed by atoms with Gasteiger partial charge in [0.05, 0.1) is 15.5 Å². The van der Waals surface area contributed by atoms with Gasteiger partial charge in [-0.2, -0.15) is 26.3 Å². The molecule has 1 unspecified atom stereocenters. The fourth-order valence-electron chi connectivity index (χ4n) is 2.17. The highest BCUT2D eigenvalue weighted by atomic mass is 35.5. The Hall–Kier alpha value is -1.78. The second-order valence-corrected chi connectivity index (χ2v) is 7.12. The molecule has 0 saturated heterocycles. The summed E-state index contributed by atoms with van der Waals surface area (Å²) in [5, 5.41) is 2.28. The summed E-state index contributed by atoms with van der Waals surface area (Å²) in [5.74, 6) is -1.09. The summed E-state index contributed by atoms with van der Waals surface area (Å²) >= 11 is 6.97. The minimum Gasteiger partial charge on any atom is -0.374 e. The Morgan fingerprint density at radius 2 is 1.67 bits per heavy atom. The molecule has 2 aromatic rings. The summed E-state index contributed by atoms with van der Waals surface area (Å²) in [6.07, 6.45) is -10.7. The van der Waals surface area contributed by atoms with Crippen LogP contribution in [0.2, 0.25) is 4.34 Å². The van der Waals surface area contributed by atoms with E-state index in [4.69, 9.17) is 16.3 Å². The Morgan fingerprint density at radius 1 is 1.11 bits per heavy atom. The van der Waals surface area contributed by atoms with Crippen molar-refractivity contribution in [2.24, 2.45) is 0 Å². The van der Waals surface area contributed by atoms with Crippen LogP contribution >= 0.6 is 22.9 Å². The van der Waals surface area contributed by atoms with Crippen LogP contribution in [0.25, 0.3) is 0 Å². The number of carbonyl (C=O) groups is 1. The van der Waals surface area contributed by atoms with Gasteiger partial charge in [0.1, 0.15) is 6.10 Å². The van der Waals surface area contributed by atoms with Crippen LogP contribution in [0.1, 0.15) is 32.5 Å². The predicted molar refractivity (Wildman–Crippen MR) is 87.9 cm³/mol. The van der Waals surface area contributed by atoms with Crippen LogP contribution in [0, 0.1) is 0 Å². The van der Waals surface area contributed by atoms with Crippen LogP contribution in [0.5, 0.6) is 0 Å². The molecule has 1 aromatic carbocycles. The molecule has 3 nitrogen and oxygen atoms in total. The molecule has 1 aromatic heterocycles. The lowest BCUT2D eigenvalue weighted by molar-refractivity contribution is -0.143. The van der Waals surface area contributed by atoms with Gasteiger partial charge in [0.15, 0.2) is 0 Å². The number of rotatable bonds is 5. The van der Waals surface area contributed by atoms with Gasteiger partial charge in [-0.1, -0.05) is 11.6 Å². The molecule has 1 N–H and O–H groups in total. The minimum atomic E-state index is -5.03. The molecule has 0 aliphatic heterocycles. The normalized spacial score (nSPS) is 13.5. The lowest BCUT2D eigenvalue weighted by Crippen LogP contribution is -2.29. The number of alkyl halides is 6. The zero-order chi connectivity index (χ0) is 20.4. The molecule has 1 atom stereocenters. The third kappa shape index (κ3) is 5.60. The van der Waals surface area contributed by atoms with Crippen molar-refractivity contribution in [3.8, 4) is 0 Å². The second kappa shape index (κ2) is 8.07. The van der Waals surface area contributed by atoms with Crippen LogP contribution in [0.4, 0.5) is 26.3 Å². The topological polar surface area (TPSA) is 38.3 Å². The summed E-state index contributed by atoms with van der Waals surface area (Å²) in [4.78, 5) is 12.8. The fourth-order valence-corrected chi connectivity index (χ4v) is 3.31. The summed E-state index contributed by atoms with van der Waals surface area (Å²) < 4.78 is 82.8. The van der Waals surface area contributed by atoms with Gasteiger partial charge in [-0.25, -0.2) is 0 Å². The highest BCUT2D eigenvalue weighted by Crippen LogP contribution is 2.36. The Labute approximate surface area is 158 Å². The number of halogens is 7. The van der Waals surface area contributed by atoms with Crippen LogP contribution in [0.3, 0.4) is 0 Å². The lowest BCUT2D eigenvalue weighted by atomic mass is 10.0. The highest BCUT2D eigenvalue weighted by Gasteiger charge is 2.37. The van der Waals surface area contributed by atoms with E-state index in [-0.39, 0.29) is 12.6 Å². The van der Waals surface area contributed by atoms with Crippen molar-refractivity contribution in [3.05, 3.63) is 56.2 Å². The van der Waals surface area contributed by atoms with E-state index in [1.807, 2.05) is 0 Å². The van der Waals surface area contributed by atoms with Gasteiger partial charge in [-0.05, 0) is 30.3 Å². The highest BCUT2D eigenvalue weighted by molar-refractivity contribution is 7.16. The van der Waals surface area contributed by atoms with Crippen LogP contribution in [0.15, 0.2) is 30.3 Å². The number of nitrogens with one attached hydrogen (secondary N) is 1. The molecule has 0 radical (unpaired) electrons. The van der Waals surface area contributed by atoms with Crippen molar-refractivity contribution < 1.29 is 35.9 Å². The smallest absolute Gasteiger partial charge is 0.374 e. The maximum absolute atomic E-state index is 12.9. The molecule has 1 heterocycles. The maximum atomic E-state index is 12.9. The largest absolute Gasteiger partial charge is 0.416 e. The van der Waals surface area contributed by atoms with Gasteiger partial charge in [0.25, 0.3) is 5.91 Å². The van der Waals surface area contributed by atoms with Crippen molar-refractivity contribution in [2.45, 2.75) is 18.5 Å². The average molecular weight is 432 g/mol. The molecule has 0 aliphatic carbocycles. The number of benzene rings is 1. The number of carbonyl (C=O) groups excluding carboxylic acids is 1. The summed E-state index contributed by atoms with van der Waals surface area (Å²) in [6.45, 7) is -0.163. The van der Waals surface area contributed by atoms with Crippen molar-refractivity contribution in [1.82, 2.24) is 5.32 Å². The molecule has 0 bridgehead atoms. The molecule has 27 heavy (non-hydrogen) atoms. The number of thiophene rings is 1. The molecule has 11 heteroatoms. The van der Waals surface area contributed by atoms with E-state index in [9.17, 15) is 31.1 Å². The van der Waals surface area contributed by atoms with E-state index < -0.39 is 41.1 Å². The number of amides is 1. The van der Waals surface area contributed by atoms with Gasteiger partial charge in [0, 0.05) is 24.1 Å². The van der Waals surface area contributed by atoms with E-state index in [2.05, 4.69) is 5.32 Å². The fraction of sp³-hybridized carbons (Fsp3) is 0.312. The van der Waals surface area contributed by atoms with E-state index in [1.165, 1.54) is 18.4 Å². The zero-order valence-corrected chi connectivity index (χ0v) is 15.1. The van der Waals surface area contributed by atoms with Crippen LogP contribution in [-0.2, 0) is 17.1 Å². The number of methoxy groups -OCH3 is 1. The minimum absolute atomic E-state index is 0.0393. The van der Waals surface area contributed by atoms with Crippen LogP contribution in [-0.4, -0.2) is 19.6 Å². The van der Waals surface area contributed by atoms with Crippen molar-refractivity contribution in [3.63, 3.8) is 0 Å². The quantitative estimate of drug-likeness (QED) is 0.630. The van der Waals surface area contributed by atoms with Gasteiger partial charge >= 0.3 is 12.4 Å². The Kier molecular flexibility index (Phi) is 6.43. The second-order valence-electron chi connectivity index (χ2n) is 5.37. The molecule has 2 rings (SSSR count). The summed E-state index contributed by atoms with van der Waals surface area (Å²) in [5.41, 5.74) is -3.87. The SMILES string of the molecule is COC(CNC(=O)c1cc(C(F)(F)F)cc(C(F)(F)F)c1)c1ccc(Cl)s1. The monoisotopic (exact) mass is 431 g/mol. The number of hydrogen-bond donors (Lipinski definition) is 1. The van der Waals surface area contributed by atoms with Crippen molar-refractivity contribution in [2.75, 3.05) is 13.7 Å². The molecule has 1 amide bonds. The van der Waals surface area contributed by atoms with E-state index >= 15 is 0 Å². The average Bonchev–Trinajstić information content (AvgIpc) is 2.99. The molecular formula is C16H12ClF6NO2S. The first-order valence-electron chi connectivity index (χ1n) is 7.27. The first kappa shape index (κ1) is 21.5. The first-order chi connectivity index (χ1) is 12.4. The maximum Gasteiger partial charge on any atom is 0.416 e. The van der Waals surface area contributed by atoms with Crippen molar-refractivity contribution in [1.29, 1.82) is 0 Å². The van der Waals surface area contributed by atoms with Crippen LogP contribution < -0.4 is 5.32 Å².